The van der Waals surface area contributed by atoms with Crippen LogP contribution in [0, 0.1) is 0 Å². The largest absolute Gasteiger partial charge is 0.445 e. The standard InChI is InChI=1S/C23H23NO5/c25-14-18-11-10-17-8-4-5-9-19(17)21(18)22(27)20(26)12-13-24-23(28)29-15-16-6-2-1-3-7-16/h1-11,14,20,22,26-27H,12-13,15H2,(H,24,28). The van der Waals surface area contributed by atoms with Crippen molar-refractivity contribution in [2.24, 2.45) is 0 Å². The summed E-state index contributed by atoms with van der Waals surface area (Å²) in [4.78, 5) is 23.2. The zero-order valence-electron chi connectivity index (χ0n) is 15.8. The van der Waals surface area contributed by atoms with Gasteiger partial charge in [-0.15, -0.1) is 0 Å². The molecule has 3 aromatic rings. The molecular weight excluding hydrogens is 370 g/mol. The first-order valence-corrected chi connectivity index (χ1v) is 9.37. The van der Waals surface area contributed by atoms with E-state index in [4.69, 9.17) is 4.74 Å². The summed E-state index contributed by atoms with van der Waals surface area (Å²) in [5.41, 5.74) is 1.58. The lowest BCUT2D eigenvalue weighted by Gasteiger charge is -2.21. The summed E-state index contributed by atoms with van der Waals surface area (Å²) in [6.45, 7) is 0.267. The van der Waals surface area contributed by atoms with Crippen molar-refractivity contribution < 1.29 is 24.5 Å². The summed E-state index contributed by atoms with van der Waals surface area (Å²) in [5, 5.41) is 25.2. The number of carbonyl (C=O) groups is 2. The monoisotopic (exact) mass is 393 g/mol. The number of hydrogen-bond acceptors (Lipinski definition) is 5. The Morgan fingerprint density at radius 2 is 1.72 bits per heavy atom. The molecule has 2 atom stereocenters. The van der Waals surface area contributed by atoms with Crippen molar-refractivity contribution in [3.63, 3.8) is 0 Å². The fraction of sp³-hybridized carbons (Fsp3) is 0.217. The topological polar surface area (TPSA) is 95.9 Å². The number of fused-ring (bicyclic) bond motifs is 1. The van der Waals surface area contributed by atoms with Gasteiger partial charge in [0.2, 0.25) is 0 Å². The van der Waals surface area contributed by atoms with Gasteiger partial charge in [-0.25, -0.2) is 4.79 Å². The van der Waals surface area contributed by atoms with Crippen molar-refractivity contribution >= 4 is 23.2 Å². The third-order valence-electron chi connectivity index (χ3n) is 4.71. The molecule has 0 bridgehead atoms. The molecule has 0 heterocycles. The number of nitrogens with one attached hydrogen (secondary N) is 1. The second kappa shape index (κ2) is 9.82. The number of aldehydes is 1. The second-order valence-corrected chi connectivity index (χ2v) is 6.70. The van der Waals surface area contributed by atoms with Gasteiger partial charge in [0.25, 0.3) is 0 Å². The van der Waals surface area contributed by atoms with E-state index in [0.29, 0.717) is 22.8 Å². The number of alkyl carbamates (subject to hydrolysis) is 1. The Kier molecular flexibility index (Phi) is 6.94. The average molecular weight is 393 g/mol. The van der Waals surface area contributed by atoms with Crippen LogP contribution in [-0.2, 0) is 11.3 Å². The van der Waals surface area contributed by atoms with E-state index in [-0.39, 0.29) is 19.6 Å². The van der Waals surface area contributed by atoms with Crippen LogP contribution < -0.4 is 5.32 Å². The minimum absolute atomic E-state index is 0.100. The van der Waals surface area contributed by atoms with Gasteiger partial charge in [0.15, 0.2) is 0 Å². The number of aliphatic hydroxyl groups is 2. The average Bonchev–Trinajstić information content (AvgIpc) is 2.77. The fourth-order valence-electron chi connectivity index (χ4n) is 3.19. The third-order valence-corrected chi connectivity index (χ3v) is 4.71. The highest BCUT2D eigenvalue weighted by Crippen LogP contribution is 2.30. The molecule has 6 heteroatoms. The van der Waals surface area contributed by atoms with Gasteiger partial charge in [-0.2, -0.15) is 0 Å². The molecule has 0 radical (unpaired) electrons. The van der Waals surface area contributed by atoms with E-state index in [1.807, 2.05) is 48.5 Å². The zero-order chi connectivity index (χ0) is 20.6. The molecular formula is C23H23NO5. The number of rotatable bonds is 8. The van der Waals surface area contributed by atoms with E-state index in [1.165, 1.54) is 0 Å². The van der Waals surface area contributed by atoms with Gasteiger partial charge in [-0.3, -0.25) is 4.79 Å². The summed E-state index contributed by atoms with van der Waals surface area (Å²) < 4.78 is 5.11. The van der Waals surface area contributed by atoms with Crippen LogP contribution in [-0.4, -0.2) is 35.2 Å². The Balaban J connectivity index is 1.57. The van der Waals surface area contributed by atoms with Gasteiger partial charge in [0.05, 0.1) is 6.10 Å². The molecule has 0 aromatic heterocycles. The van der Waals surface area contributed by atoms with E-state index in [1.54, 1.807) is 18.2 Å². The first-order valence-electron chi connectivity index (χ1n) is 9.37. The van der Waals surface area contributed by atoms with Crippen molar-refractivity contribution in [1.29, 1.82) is 0 Å². The summed E-state index contributed by atoms with van der Waals surface area (Å²) >= 11 is 0. The molecule has 0 fully saturated rings. The maximum Gasteiger partial charge on any atom is 0.407 e. The van der Waals surface area contributed by atoms with Gasteiger partial charge < -0.3 is 20.3 Å². The summed E-state index contributed by atoms with van der Waals surface area (Å²) in [5.74, 6) is 0. The summed E-state index contributed by atoms with van der Waals surface area (Å²) in [7, 11) is 0. The van der Waals surface area contributed by atoms with Gasteiger partial charge in [0, 0.05) is 17.7 Å². The molecule has 0 saturated heterocycles. The van der Waals surface area contributed by atoms with Crippen LogP contribution >= 0.6 is 0 Å². The molecule has 0 aliphatic heterocycles. The van der Waals surface area contributed by atoms with Crippen molar-refractivity contribution in [2.75, 3.05) is 6.54 Å². The Hall–Kier alpha value is -3.22. The molecule has 0 aliphatic carbocycles. The number of aliphatic hydroxyl groups excluding tert-OH is 2. The summed E-state index contributed by atoms with van der Waals surface area (Å²) in [6.07, 6.45) is -2.26. The first kappa shape index (κ1) is 20.5. The SMILES string of the molecule is O=Cc1ccc2ccccc2c1C(O)C(O)CCNC(=O)OCc1ccccc1. The second-order valence-electron chi connectivity index (χ2n) is 6.70. The van der Waals surface area contributed by atoms with Crippen LogP contribution in [0.25, 0.3) is 10.8 Å². The molecule has 0 saturated carbocycles. The Morgan fingerprint density at radius 1 is 1.00 bits per heavy atom. The molecule has 150 valence electrons. The summed E-state index contributed by atoms with van der Waals surface area (Å²) in [6, 6.07) is 20.1. The lowest BCUT2D eigenvalue weighted by Crippen LogP contribution is -2.30. The van der Waals surface area contributed by atoms with Gasteiger partial charge >= 0.3 is 6.09 Å². The maximum absolute atomic E-state index is 11.8. The first-order chi connectivity index (χ1) is 14.1. The van der Waals surface area contributed by atoms with Crippen LogP contribution in [0.15, 0.2) is 66.7 Å². The molecule has 3 aromatic carbocycles. The van der Waals surface area contributed by atoms with Crippen molar-refractivity contribution in [3.8, 4) is 0 Å². The number of hydrogen-bond donors (Lipinski definition) is 3. The molecule has 2 unspecified atom stereocenters. The van der Waals surface area contributed by atoms with Gasteiger partial charge in [-0.1, -0.05) is 66.7 Å². The number of carbonyl (C=O) groups excluding carboxylic acids is 2. The highest BCUT2D eigenvalue weighted by atomic mass is 16.5. The smallest absolute Gasteiger partial charge is 0.407 e. The van der Waals surface area contributed by atoms with E-state index >= 15 is 0 Å². The third kappa shape index (κ3) is 5.19. The normalized spacial score (nSPS) is 12.9. The number of benzene rings is 3. The minimum atomic E-state index is -1.26. The van der Waals surface area contributed by atoms with E-state index in [9.17, 15) is 19.8 Å². The molecule has 1 amide bonds. The lowest BCUT2D eigenvalue weighted by molar-refractivity contribution is 0.0142. The quantitative estimate of drug-likeness (QED) is 0.510. The number of ether oxygens (including phenoxy) is 1. The van der Waals surface area contributed by atoms with E-state index in [2.05, 4.69) is 5.32 Å². The van der Waals surface area contributed by atoms with E-state index in [0.717, 1.165) is 10.9 Å². The molecule has 3 N–H and O–H groups in total. The van der Waals surface area contributed by atoms with Crippen molar-refractivity contribution in [1.82, 2.24) is 5.32 Å². The fourth-order valence-corrected chi connectivity index (χ4v) is 3.19. The van der Waals surface area contributed by atoms with Crippen LogP contribution in [0.2, 0.25) is 0 Å². The molecule has 0 aliphatic rings. The predicted molar refractivity (Wildman–Crippen MR) is 110 cm³/mol. The highest BCUT2D eigenvalue weighted by Gasteiger charge is 2.23. The van der Waals surface area contributed by atoms with E-state index < -0.39 is 18.3 Å². The Morgan fingerprint density at radius 3 is 2.48 bits per heavy atom. The molecule has 0 spiro atoms. The van der Waals surface area contributed by atoms with Gasteiger partial charge in [0.1, 0.15) is 19.0 Å². The number of amides is 1. The Labute approximate surface area is 168 Å². The zero-order valence-corrected chi connectivity index (χ0v) is 15.8. The Bertz CT molecular complexity index is 973. The maximum atomic E-state index is 11.8. The van der Waals surface area contributed by atoms with Crippen molar-refractivity contribution in [2.45, 2.75) is 25.2 Å². The highest BCUT2D eigenvalue weighted by molar-refractivity contribution is 5.93. The van der Waals surface area contributed by atoms with Crippen LogP contribution in [0.4, 0.5) is 4.79 Å². The minimum Gasteiger partial charge on any atom is -0.445 e. The predicted octanol–water partition coefficient (Wildman–Crippen LogP) is 3.36. The van der Waals surface area contributed by atoms with Gasteiger partial charge in [-0.05, 0) is 22.8 Å². The van der Waals surface area contributed by atoms with Crippen LogP contribution in [0.3, 0.4) is 0 Å². The molecule has 6 nitrogen and oxygen atoms in total. The lowest BCUT2D eigenvalue weighted by atomic mass is 9.92. The van der Waals surface area contributed by atoms with Crippen LogP contribution in [0.5, 0.6) is 0 Å². The molecule has 3 rings (SSSR count). The molecule has 29 heavy (non-hydrogen) atoms. The van der Waals surface area contributed by atoms with Crippen LogP contribution in [0.1, 0.15) is 34.0 Å². The van der Waals surface area contributed by atoms with Crippen molar-refractivity contribution in [3.05, 3.63) is 83.4 Å².